The first-order valence-corrected chi connectivity index (χ1v) is 9.50. The summed E-state index contributed by atoms with van der Waals surface area (Å²) in [6.45, 7) is 0. The number of carbonyl (C=O) groups excluding carboxylic acids is 2. The number of anilines is 1. The monoisotopic (exact) mass is 451 g/mol. The molecule has 7 heteroatoms. The summed E-state index contributed by atoms with van der Waals surface area (Å²) in [4.78, 5) is 25.0. The van der Waals surface area contributed by atoms with Crippen molar-refractivity contribution in [3.8, 4) is 5.75 Å². The van der Waals surface area contributed by atoms with Crippen LogP contribution in [0.2, 0.25) is 0 Å². The number of hydrazone groups is 1. The van der Waals surface area contributed by atoms with Gasteiger partial charge in [-0.25, -0.2) is 5.43 Å². The Morgan fingerprint density at radius 2 is 1.62 bits per heavy atom. The Balaban J connectivity index is 1.71. The second-order valence-electron chi connectivity index (χ2n) is 5.95. The lowest BCUT2D eigenvalue weighted by Crippen LogP contribution is -2.21. The van der Waals surface area contributed by atoms with Crippen LogP contribution in [0, 0.1) is 0 Å². The lowest BCUT2D eigenvalue weighted by molar-refractivity contribution is 0.0956. The van der Waals surface area contributed by atoms with E-state index < -0.39 is 5.91 Å². The van der Waals surface area contributed by atoms with Gasteiger partial charge in [0.2, 0.25) is 0 Å². The van der Waals surface area contributed by atoms with Gasteiger partial charge in [-0.15, -0.1) is 0 Å². The molecule has 3 rings (SSSR count). The molecule has 0 aromatic heterocycles. The van der Waals surface area contributed by atoms with Gasteiger partial charge in [0.1, 0.15) is 5.75 Å². The van der Waals surface area contributed by atoms with E-state index in [-0.39, 0.29) is 5.91 Å². The smallest absolute Gasteiger partial charge is 0.273 e. The summed E-state index contributed by atoms with van der Waals surface area (Å²) in [5.74, 6) is -0.104. The van der Waals surface area contributed by atoms with Crippen LogP contribution >= 0.6 is 15.9 Å². The number of hydrogen-bond acceptors (Lipinski definition) is 4. The van der Waals surface area contributed by atoms with E-state index in [1.54, 1.807) is 61.9 Å². The Hall–Kier alpha value is -3.45. The van der Waals surface area contributed by atoms with E-state index in [4.69, 9.17) is 4.74 Å². The quantitative estimate of drug-likeness (QED) is 0.428. The third kappa shape index (κ3) is 5.30. The van der Waals surface area contributed by atoms with Crippen LogP contribution in [0.3, 0.4) is 0 Å². The standard InChI is InChI=1S/C22H18BrN3O3/c1-29-17-12-10-15(11-13-17)21(27)25-20-9-5-3-7-18(20)22(28)26-24-14-16-6-2-4-8-19(16)23/h2-14H,1H3,(H,25,27)(H,26,28)/b24-14+. The van der Waals surface area contributed by atoms with Gasteiger partial charge < -0.3 is 10.1 Å². The zero-order chi connectivity index (χ0) is 20.6. The molecule has 29 heavy (non-hydrogen) atoms. The van der Waals surface area contributed by atoms with Gasteiger partial charge in [-0.1, -0.05) is 46.3 Å². The van der Waals surface area contributed by atoms with Gasteiger partial charge >= 0.3 is 0 Å². The number of para-hydroxylation sites is 1. The lowest BCUT2D eigenvalue weighted by atomic mass is 10.1. The summed E-state index contributed by atoms with van der Waals surface area (Å²) in [7, 11) is 1.56. The molecule has 3 aromatic carbocycles. The molecule has 0 aliphatic carbocycles. The van der Waals surface area contributed by atoms with Gasteiger partial charge in [0.25, 0.3) is 11.8 Å². The fraction of sp³-hybridized carbons (Fsp3) is 0.0455. The molecule has 0 unspecified atom stereocenters. The normalized spacial score (nSPS) is 10.6. The van der Waals surface area contributed by atoms with Gasteiger partial charge in [0.15, 0.2) is 0 Å². The summed E-state index contributed by atoms with van der Waals surface area (Å²) in [6.07, 6.45) is 1.54. The van der Waals surface area contributed by atoms with Crippen molar-refractivity contribution in [1.29, 1.82) is 0 Å². The zero-order valence-corrected chi connectivity index (χ0v) is 17.1. The molecule has 146 valence electrons. The van der Waals surface area contributed by atoms with E-state index in [1.165, 1.54) is 0 Å². The topological polar surface area (TPSA) is 79.8 Å². The van der Waals surface area contributed by atoms with Crippen LogP contribution in [-0.4, -0.2) is 25.1 Å². The van der Waals surface area contributed by atoms with Crippen molar-refractivity contribution in [2.75, 3.05) is 12.4 Å². The highest BCUT2D eigenvalue weighted by Gasteiger charge is 2.14. The van der Waals surface area contributed by atoms with Crippen LogP contribution in [-0.2, 0) is 0 Å². The van der Waals surface area contributed by atoms with E-state index >= 15 is 0 Å². The average Bonchev–Trinajstić information content (AvgIpc) is 2.75. The molecule has 0 saturated carbocycles. The highest BCUT2D eigenvalue weighted by Crippen LogP contribution is 2.18. The molecule has 0 bridgehead atoms. The molecule has 0 aliphatic heterocycles. The Morgan fingerprint density at radius 3 is 2.34 bits per heavy atom. The van der Waals surface area contributed by atoms with Crippen LogP contribution in [0.15, 0.2) is 82.4 Å². The van der Waals surface area contributed by atoms with Gasteiger partial charge in [-0.3, -0.25) is 9.59 Å². The molecule has 0 atom stereocenters. The first-order valence-electron chi connectivity index (χ1n) is 8.71. The lowest BCUT2D eigenvalue weighted by Gasteiger charge is -2.10. The Kier molecular flexibility index (Phi) is 6.76. The molecule has 0 saturated heterocycles. The van der Waals surface area contributed by atoms with Crippen molar-refractivity contribution in [3.63, 3.8) is 0 Å². The van der Waals surface area contributed by atoms with E-state index in [0.29, 0.717) is 22.6 Å². The minimum absolute atomic E-state index is 0.304. The Bertz CT molecular complexity index is 1050. The number of rotatable bonds is 6. The molecule has 0 radical (unpaired) electrons. The van der Waals surface area contributed by atoms with E-state index in [0.717, 1.165) is 10.0 Å². The predicted molar refractivity (Wildman–Crippen MR) is 117 cm³/mol. The van der Waals surface area contributed by atoms with Gasteiger partial charge in [0, 0.05) is 15.6 Å². The number of benzene rings is 3. The van der Waals surface area contributed by atoms with Crippen LogP contribution in [0.4, 0.5) is 5.69 Å². The summed E-state index contributed by atoms with van der Waals surface area (Å²) in [5.41, 5.74) is 4.46. The molecule has 2 N–H and O–H groups in total. The third-order valence-electron chi connectivity index (χ3n) is 4.05. The van der Waals surface area contributed by atoms with Crippen LogP contribution in [0.5, 0.6) is 5.75 Å². The number of methoxy groups -OCH3 is 1. The van der Waals surface area contributed by atoms with Crippen molar-refractivity contribution < 1.29 is 14.3 Å². The maximum absolute atomic E-state index is 12.5. The number of nitrogens with zero attached hydrogens (tertiary/aromatic N) is 1. The highest BCUT2D eigenvalue weighted by molar-refractivity contribution is 9.10. The minimum Gasteiger partial charge on any atom is -0.497 e. The molecule has 3 aromatic rings. The Morgan fingerprint density at radius 1 is 0.931 bits per heavy atom. The second kappa shape index (κ2) is 9.66. The number of hydrogen-bond donors (Lipinski definition) is 2. The molecule has 0 aliphatic rings. The summed E-state index contributed by atoms with van der Waals surface area (Å²) >= 11 is 3.42. The Labute approximate surface area is 176 Å². The average molecular weight is 452 g/mol. The largest absolute Gasteiger partial charge is 0.497 e. The molecule has 6 nitrogen and oxygen atoms in total. The van der Waals surface area contributed by atoms with E-state index in [2.05, 4.69) is 31.8 Å². The summed E-state index contributed by atoms with van der Waals surface area (Å²) < 4.78 is 5.96. The molecule has 0 fully saturated rings. The van der Waals surface area contributed by atoms with Gasteiger partial charge in [-0.05, 0) is 42.5 Å². The molecular formula is C22H18BrN3O3. The number of carbonyl (C=O) groups is 2. The predicted octanol–water partition coefficient (Wildman–Crippen LogP) is 4.47. The zero-order valence-electron chi connectivity index (χ0n) is 15.6. The maximum atomic E-state index is 12.5. The summed E-state index contributed by atoms with van der Waals surface area (Å²) in [6, 6.07) is 20.9. The van der Waals surface area contributed by atoms with Crippen LogP contribution in [0.25, 0.3) is 0 Å². The first-order chi connectivity index (χ1) is 14.1. The third-order valence-corrected chi connectivity index (χ3v) is 4.77. The number of halogens is 1. The maximum Gasteiger partial charge on any atom is 0.273 e. The van der Waals surface area contributed by atoms with Crippen LogP contribution < -0.4 is 15.5 Å². The first kappa shape index (κ1) is 20.3. The second-order valence-corrected chi connectivity index (χ2v) is 6.80. The summed E-state index contributed by atoms with van der Waals surface area (Å²) in [5, 5.41) is 6.76. The van der Waals surface area contributed by atoms with E-state index in [9.17, 15) is 9.59 Å². The van der Waals surface area contributed by atoms with Crippen molar-refractivity contribution in [1.82, 2.24) is 5.43 Å². The van der Waals surface area contributed by atoms with E-state index in [1.807, 2.05) is 24.3 Å². The SMILES string of the molecule is COc1ccc(C(=O)Nc2ccccc2C(=O)N/N=C/c2ccccc2Br)cc1. The van der Waals surface area contributed by atoms with Crippen LogP contribution in [0.1, 0.15) is 26.3 Å². The van der Waals surface area contributed by atoms with Crippen molar-refractivity contribution in [2.45, 2.75) is 0 Å². The molecular weight excluding hydrogens is 434 g/mol. The van der Waals surface area contributed by atoms with Gasteiger partial charge in [-0.2, -0.15) is 5.10 Å². The van der Waals surface area contributed by atoms with Crippen molar-refractivity contribution in [2.24, 2.45) is 5.10 Å². The number of nitrogens with one attached hydrogen (secondary N) is 2. The van der Waals surface area contributed by atoms with Gasteiger partial charge in [0.05, 0.1) is 24.6 Å². The number of ether oxygens (including phenoxy) is 1. The number of amides is 2. The molecule has 2 amide bonds. The molecule has 0 spiro atoms. The molecule has 0 heterocycles. The fourth-order valence-electron chi connectivity index (χ4n) is 2.53. The highest BCUT2D eigenvalue weighted by atomic mass is 79.9. The fourth-order valence-corrected chi connectivity index (χ4v) is 2.91. The van der Waals surface area contributed by atoms with Crippen molar-refractivity contribution in [3.05, 3.63) is 94.0 Å². The van der Waals surface area contributed by atoms with Crippen molar-refractivity contribution >= 4 is 39.6 Å². The minimum atomic E-state index is -0.432.